The molecule has 0 spiro atoms. The van der Waals surface area contributed by atoms with Crippen LogP contribution in [0.1, 0.15) is 6.42 Å². The number of imidazole rings is 1. The number of morpholine rings is 1. The van der Waals surface area contributed by atoms with Crippen molar-refractivity contribution in [3.8, 4) is 0 Å². The van der Waals surface area contributed by atoms with Crippen LogP contribution in [-0.4, -0.2) is 60.4 Å². The van der Waals surface area contributed by atoms with E-state index in [1.807, 2.05) is 0 Å². The molecule has 0 unspecified atom stereocenters. The lowest BCUT2D eigenvalue weighted by Gasteiger charge is -2.33. The summed E-state index contributed by atoms with van der Waals surface area (Å²) in [7, 11) is 0. The molecule has 0 radical (unpaired) electrons. The molecule has 1 fully saturated rings. The molecule has 0 bridgehead atoms. The predicted octanol–water partition coefficient (Wildman–Crippen LogP) is 1.58. The molecule has 3 heterocycles. The first-order valence-corrected chi connectivity index (χ1v) is 7.92. The number of anilines is 1. The molecular formula is C16H22N4O. The van der Waals surface area contributed by atoms with Crippen molar-refractivity contribution >= 4 is 17.0 Å². The molecule has 5 heteroatoms. The summed E-state index contributed by atoms with van der Waals surface area (Å²) in [5.74, 6) is 1.15. The molecule has 4 rings (SSSR count). The molecule has 2 aliphatic heterocycles. The van der Waals surface area contributed by atoms with Gasteiger partial charge in [-0.1, -0.05) is 12.1 Å². The van der Waals surface area contributed by atoms with Crippen molar-refractivity contribution < 1.29 is 4.74 Å². The van der Waals surface area contributed by atoms with Gasteiger partial charge in [-0.15, -0.1) is 0 Å². The van der Waals surface area contributed by atoms with E-state index in [0.717, 1.165) is 63.9 Å². The Kier molecular flexibility index (Phi) is 3.53. The minimum Gasteiger partial charge on any atom is -0.379 e. The van der Waals surface area contributed by atoms with Gasteiger partial charge in [-0.25, -0.2) is 4.98 Å². The maximum Gasteiger partial charge on any atom is 0.206 e. The van der Waals surface area contributed by atoms with Gasteiger partial charge in [0.05, 0.1) is 24.2 Å². The Morgan fingerprint density at radius 1 is 1.00 bits per heavy atom. The number of fused-ring (bicyclic) bond motifs is 3. The fraction of sp³-hybridized carbons (Fsp3) is 0.562. The summed E-state index contributed by atoms with van der Waals surface area (Å²) in [6.07, 6.45) is 1.20. The van der Waals surface area contributed by atoms with Crippen LogP contribution in [-0.2, 0) is 11.3 Å². The molecule has 112 valence electrons. The van der Waals surface area contributed by atoms with E-state index in [1.165, 1.54) is 11.9 Å². The number of hydrogen-bond acceptors (Lipinski definition) is 4. The summed E-state index contributed by atoms with van der Waals surface area (Å²) in [6.45, 7) is 8.24. The highest BCUT2D eigenvalue weighted by Gasteiger charge is 2.21. The van der Waals surface area contributed by atoms with E-state index in [-0.39, 0.29) is 0 Å². The van der Waals surface area contributed by atoms with E-state index in [9.17, 15) is 0 Å². The van der Waals surface area contributed by atoms with Crippen LogP contribution in [0.5, 0.6) is 0 Å². The highest BCUT2D eigenvalue weighted by molar-refractivity contribution is 5.79. The number of hydrogen-bond donors (Lipinski definition) is 0. The van der Waals surface area contributed by atoms with E-state index >= 15 is 0 Å². The molecule has 21 heavy (non-hydrogen) atoms. The van der Waals surface area contributed by atoms with E-state index < -0.39 is 0 Å². The minimum absolute atomic E-state index is 0.874. The van der Waals surface area contributed by atoms with Crippen LogP contribution in [0.25, 0.3) is 11.0 Å². The third kappa shape index (κ3) is 2.51. The normalized spacial score (nSPS) is 19.9. The van der Waals surface area contributed by atoms with Gasteiger partial charge in [0.25, 0.3) is 0 Å². The quantitative estimate of drug-likeness (QED) is 0.858. The minimum atomic E-state index is 0.874. The van der Waals surface area contributed by atoms with E-state index in [0.29, 0.717) is 0 Å². The van der Waals surface area contributed by atoms with Crippen molar-refractivity contribution in [3.05, 3.63) is 24.3 Å². The molecule has 0 aliphatic carbocycles. The molecule has 0 N–H and O–H groups in total. The monoisotopic (exact) mass is 286 g/mol. The van der Waals surface area contributed by atoms with Gasteiger partial charge in [-0.2, -0.15) is 0 Å². The number of aromatic nitrogens is 2. The number of nitrogens with zero attached hydrogens (tertiary/aromatic N) is 4. The van der Waals surface area contributed by atoms with Gasteiger partial charge in [0.2, 0.25) is 5.95 Å². The highest BCUT2D eigenvalue weighted by Crippen LogP contribution is 2.26. The lowest BCUT2D eigenvalue weighted by atomic mass is 10.3. The van der Waals surface area contributed by atoms with Gasteiger partial charge in [-0.3, -0.25) is 4.90 Å². The predicted molar refractivity (Wildman–Crippen MR) is 83.8 cm³/mol. The summed E-state index contributed by atoms with van der Waals surface area (Å²) < 4.78 is 7.79. The Morgan fingerprint density at radius 3 is 2.76 bits per heavy atom. The zero-order valence-electron chi connectivity index (χ0n) is 12.4. The number of ether oxygens (including phenoxy) is 1. The van der Waals surface area contributed by atoms with Gasteiger partial charge >= 0.3 is 0 Å². The molecule has 5 nitrogen and oxygen atoms in total. The maximum atomic E-state index is 5.42. The molecule has 1 saturated heterocycles. The summed E-state index contributed by atoms with van der Waals surface area (Å²) in [5, 5.41) is 0. The third-order valence-corrected chi connectivity index (χ3v) is 4.52. The van der Waals surface area contributed by atoms with Gasteiger partial charge in [0.1, 0.15) is 0 Å². The Labute approximate surface area is 125 Å². The molecule has 0 atom stereocenters. The first-order chi connectivity index (χ1) is 10.4. The molecule has 0 saturated carbocycles. The average Bonchev–Trinajstić information content (AvgIpc) is 2.93. The smallest absolute Gasteiger partial charge is 0.206 e. The fourth-order valence-corrected chi connectivity index (χ4v) is 3.34. The fourth-order valence-electron chi connectivity index (χ4n) is 3.34. The molecule has 2 aromatic rings. The number of benzene rings is 1. The van der Waals surface area contributed by atoms with Crippen molar-refractivity contribution in [1.82, 2.24) is 14.5 Å². The number of rotatable bonds is 3. The van der Waals surface area contributed by atoms with Crippen molar-refractivity contribution in [1.29, 1.82) is 0 Å². The summed E-state index contributed by atoms with van der Waals surface area (Å²) in [6, 6.07) is 8.46. The van der Waals surface area contributed by atoms with Crippen LogP contribution in [0.3, 0.4) is 0 Å². The number of aryl methyl sites for hydroxylation is 1. The highest BCUT2D eigenvalue weighted by atomic mass is 16.5. The second kappa shape index (κ2) is 5.66. The second-order valence-corrected chi connectivity index (χ2v) is 5.85. The van der Waals surface area contributed by atoms with Gasteiger partial charge in [-0.05, 0) is 18.6 Å². The SMILES string of the molecule is c1ccc2c(c1)nc1n2CCCN1CCN1CCOCC1. The summed E-state index contributed by atoms with van der Waals surface area (Å²) in [5.41, 5.74) is 2.38. The van der Waals surface area contributed by atoms with Crippen LogP contribution < -0.4 is 4.90 Å². The summed E-state index contributed by atoms with van der Waals surface area (Å²) >= 11 is 0. The lowest BCUT2D eigenvalue weighted by Crippen LogP contribution is -2.43. The van der Waals surface area contributed by atoms with E-state index in [4.69, 9.17) is 9.72 Å². The van der Waals surface area contributed by atoms with Crippen LogP contribution in [0.2, 0.25) is 0 Å². The first kappa shape index (κ1) is 13.1. The van der Waals surface area contributed by atoms with Crippen LogP contribution in [0, 0.1) is 0 Å². The van der Waals surface area contributed by atoms with E-state index in [1.54, 1.807) is 0 Å². The van der Waals surface area contributed by atoms with Gasteiger partial charge in [0.15, 0.2) is 0 Å². The molecule has 1 aromatic carbocycles. The Bertz CT molecular complexity index is 618. The molecule has 2 aliphatic rings. The molecular weight excluding hydrogens is 264 g/mol. The zero-order valence-corrected chi connectivity index (χ0v) is 12.4. The van der Waals surface area contributed by atoms with Crippen molar-refractivity contribution in [2.75, 3.05) is 50.8 Å². The third-order valence-electron chi connectivity index (χ3n) is 4.52. The topological polar surface area (TPSA) is 33.5 Å². The van der Waals surface area contributed by atoms with Crippen LogP contribution in [0.4, 0.5) is 5.95 Å². The Balaban J connectivity index is 1.52. The number of para-hydroxylation sites is 2. The van der Waals surface area contributed by atoms with Crippen LogP contribution >= 0.6 is 0 Å². The Morgan fingerprint density at radius 2 is 1.86 bits per heavy atom. The standard InChI is InChI=1S/C16H22N4O/c1-2-5-15-14(4-1)17-16-19(6-3-7-20(15)16)9-8-18-10-12-21-13-11-18/h1-2,4-5H,3,6-13H2. The van der Waals surface area contributed by atoms with Gasteiger partial charge in [0, 0.05) is 39.3 Å². The van der Waals surface area contributed by atoms with Gasteiger partial charge < -0.3 is 14.2 Å². The van der Waals surface area contributed by atoms with Crippen molar-refractivity contribution in [2.45, 2.75) is 13.0 Å². The average molecular weight is 286 g/mol. The van der Waals surface area contributed by atoms with Crippen LogP contribution in [0.15, 0.2) is 24.3 Å². The maximum absolute atomic E-state index is 5.42. The largest absolute Gasteiger partial charge is 0.379 e. The zero-order chi connectivity index (χ0) is 14.1. The Hall–Kier alpha value is -1.59. The van der Waals surface area contributed by atoms with Crippen molar-refractivity contribution in [3.63, 3.8) is 0 Å². The van der Waals surface area contributed by atoms with E-state index in [2.05, 4.69) is 38.6 Å². The first-order valence-electron chi connectivity index (χ1n) is 7.92. The second-order valence-electron chi connectivity index (χ2n) is 5.85. The van der Waals surface area contributed by atoms with Crippen molar-refractivity contribution in [2.24, 2.45) is 0 Å². The lowest BCUT2D eigenvalue weighted by molar-refractivity contribution is 0.0391. The molecule has 0 amide bonds. The molecule has 1 aromatic heterocycles. The summed E-state index contributed by atoms with van der Waals surface area (Å²) in [4.78, 5) is 9.78.